The van der Waals surface area contributed by atoms with E-state index in [0.717, 1.165) is 0 Å². The number of nitrogens with zero attached hydrogens (tertiary/aromatic N) is 3. The van der Waals surface area contributed by atoms with Gasteiger partial charge in [0.1, 0.15) is 6.33 Å². The number of aryl methyl sites for hydroxylation is 2. The summed E-state index contributed by atoms with van der Waals surface area (Å²) in [5.41, 5.74) is 2.79. The van der Waals surface area contributed by atoms with Crippen LogP contribution in [0, 0.1) is 25.2 Å². The zero-order chi connectivity index (χ0) is 13.8. The van der Waals surface area contributed by atoms with Crippen LogP contribution >= 0.6 is 0 Å². The van der Waals surface area contributed by atoms with E-state index in [1.807, 2.05) is 6.07 Å². The van der Waals surface area contributed by atoms with E-state index in [2.05, 4.69) is 15.3 Å². The van der Waals surface area contributed by atoms with Gasteiger partial charge in [0, 0.05) is 5.69 Å². The minimum absolute atomic E-state index is 0.273. The van der Waals surface area contributed by atoms with E-state index in [4.69, 9.17) is 5.26 Å². The van der Waals surface area contributed by atoms with Gasteiger partial charge in [0.05, 0.1) is 28.6 Å². The molecule has 0 bridgehead atoms. The summed E-state index contributed by atoms with van der Waals surface area (Å²) >= 11 is 0. The minimum atomic E-state index is -0.273. The summed E-state index contributed by atoms with van der Waals surface area (Å²) in [5, 5.41) is 11.6. The fraction of sp³-hybridized carbons (Fsp3) is 0.143. The first-order valence-corrected chi connectivity index (χ1v) is 5.71. The van der Waals surface area contributed by atoms with Gasteiger partial charge in [0.25, 0.3) is 5.91 Å². The Hall–Kier alpha value is -2.74. The normalized spacial score (nSPS) is 9.74. The van der Waals surface area contributed by atoms with Crippen molar-refractivity contribution in [2.45, 2.75) is 13.8 Å². The van der Waals surface area contributed by atoms with Gasteiger partial charge in [-0.25, -0.2) is 9.97 Å². The molecule has 19 heavy (non-hydrogen) atoms. The Morgan fingerprint density at radius 1 is 1.26 bits per heavy atom. The molecule has 2 aromatic rings. The fourth-order valence-corrected chi connectivity index (χ4v) is 1.78. The van der Waals surface area contributed by atoms with Gasteiger partial charge in [-0.3, -0.25) is 4.79 Å². The van der Waals surface area contributed by atoms with Crippen molar-refractivity contribution >= 4 is 11.6 Å². The molecule has 0 aliphatic rings. The van der Waals surface area contributed by atoms with Gasteiger partial charge < -0.3 is 5.32 Å². The van der Waals surface area contributed by atoms with Crippen LogP contribution in [0.1, 0.15) is 27.3 Å². The van der Waals surface area contributed by atoms with E-state index >= 15 is 0 Å². The molecule has 1 amide bonds. The molecule has 0 spiro atoms. The van der Waals surface area contributed by atoms with Crippen LogP contribution in [0.2, 0.25) is 0 Å². The molecule has 0 saturated heterocycles. The van der Waals surface area contributed by atoms with Crippen molar-refractivity contribution in [3.63, 3.8) is 0 Å². The first-order valence-electron chi connectivity index (χ1n) is 5.71. The Labute approximate surface area is 110 Å². The second-order valence-corrected chi connectivity index (χ2v) is 4.07. The molecule has 0 aliphatic heterocycles. The third-order valence-electron chi connectivity index (χ3n) is 2.70. The van der Waals surface area contributed by atoms with E-state index in [9.17, 15) is 4.79 Å². The second kappa shape index (κ2) is 5.27. The highest BCUT2D eigenvalue weighted by Gasteiger charge is 2.14. The molecule has 0 atom stereocenters. The number of nitrogens with one attached hydrogen (secondary N) is 1. The van der Waals surface area contributed by atoms with Crippen molar-refractivity contribution in [2.75, 3.05) is 5.32 Å². The number of anilines is 1. The summed E-state index contributed by atoms with van der Waals surface area (Å²) < 4.78 is 0. The van der Waals surface area contributed by atoms with Gasteiger partial charge >= 0.3 is 0 Å². The standard InChI is InChI=1S/C14H12N4O/c1-9-13(10(2)17-8-16-9)14(19)18-12-5-3-4-11(6-12)7-15/h3-6,8H,1-2H3,(H,18,19). The maximum atomic E-state index is 12.2. The Morgan fingerprint density at radius 3 is 2.58 bits per heavy atom. The van der Waals surface area contributed by atoms with E-state index in [0.29, 0.717) is 28.2 Å². The number of carbonyl (C=O) groups is 1. The van der Waals surface area contributed by atoms with Crippen molar-refractivity contribution in [3.8, 4) is 6.07 Å². The molecular weight excluding hydrogens is 240 g/mol. The number of carbonyl (C=O) groups excluding carboxylic acids is 1. The van der Waals surface area contributed by atoms with Crippen molar-refractivity contribution in [1.82, 2.24) is 9.97 Å². The number of rotatable bonds is 2. The van der Waals surface area contributed by atoms with Gasteiger partial charge in [-0.1, -0.05) is 6.07 Å². The lowest BCUT2D eigenvalue weighted by Crippen LogP contribution is -2.16. The minimum Gasteiger partial charge on any atom is -0.322 e. The summed E-state index contributed by atoms with van der Waals surface area (Å²) in [6.07, 6.45) is 1.43. The van der Waals surface area contributed by atoms with Gasteiger partial charge in [-0.15, -0.1) is 0 Å². The fourth-order valence-electron chi connectivity index (χ4n) is 1.78. The van der Waals surface area contributed by atoms with Crippen LogP contribution in [0.3, 0.4) is 0 Å². The maximum Gasteiger partial charge on any atom is 0.259 e. The largest absolute Gasteiger partial charge is 0.322 e. The third kappa shape index (κ3) is 2.75. The summed E-state index contributed by atoms with van der Waals surface area (Å²) in [6.45, 7) is 3.52. The number of aromatic nitrogens is 2. The molecule has 94 valence electrons. The molecule has 0 fully saturated rings. The third-order valence-corrected chi connectivity index (χ3v) is 2.70. The van der Waals surface area contributed by atoms with Crippen LogP contribution < -0.4 is 5.32 Å². The molecule has 2 rings (SSSR count). The highest BCUT2D eigenvalue weighted by atomic mass is 16.1. The predicted octanol–water partition coefficient (Wildman–Crippen LogP) is 2.22. The highest BCUT2D eigenvalue weighted by molar-refractivity contribution is 6.05. The first-order chi connectivity index (χ1) is 9.11. The Kier molecular flexibility index (Phi) is 3.53. The van der Waals surface area contributed by atoms with Gasteiger partial charge in [-0.05, 0) is 32.0 Å². The van der Waals surface area contributed by atoms with Crippen molar-refractivity contribution in [2.24, 2.45) is 0 Å². The lowest BCUT2D eigenvalue weighted by molar-refractivity contribution is 0.102. The van der Waals surface area contributed by atoms with Crippen LogP contribution in [-0.2, 0) is 0 Å². The monoisotopic (exact) mass is 252 g/mol. The molecule has 5 nitrogen and oxygen atoms in total. The molecule has 1 N–H and O–H groups in total. The molecular formula is C14H12N4O. The number of amides is 1. The molecule has 5 heteroatoms. The summed E-state index contributed by atoms with van der Waals surface area (Å²) in [7, 11) is 0. The van der Waals surface area contributed by atoms with E-state index in [1.54, 1.807) is 38.1 Å². The topological polar surface area (TPSA) is 78.7 Å². The SMILES string of the molecule is Cc1ncnc(C)c1C(=O)Nc1cccc(C#N)c1. The second-order valence-electron chi connectivity index (χ2n) is 4.07. The Balaban J connectivity index is 2.29. The summed E-state index contributed by atoms with van der Waals surface area (Å²) in [5.74, 6) is -0.273. The van der Waals surface area contributed by atoms with Crippen molar-refractivity contribution < 1.29 is 4.79 Å². The summed E-state index contributed by atoms with van der Waals surface area (Å²) in [6, 6.07) is 8.77. The van der Waals surface area contributed by atoms with Crippen molar-refractivity contribution in [3.05, 3.63) is 53.1 Å². The lowest BCUT2D eigenvalue weighted by Gasteiger charge is -2.09. The average Bonchev–Trinajstić information content (AvgIpc) is 2.38. The molecule has 0 unspecified atom stereocenters. The van der Waals surface area contributed by atoms with E-state index < -0.39 is 0 Å². The zero-order valence-electron chi connectivity index (χ0n) is 10.6. The van der Waals surface area contributed by atoms with Crippen LogP contribution in [0.4, 0.5) is 5.69 Å². The average molecular weight is 252 g/mol. The number of benzene rings is 1. The highest BCUT2D eigenvalue weighted by Crippen LogP contribution is 2.14. The van der Waals surface area contributed by atoms with Crippen LogP contribution in [0.15, 0.2) is 30.6 Å². The van der Waals surface area contributed by atoms with E-state index in [-0.39, 0.29) is 5.91 Å². The molecule has 0 aliphatic carbocycles. The first kappa shape index (κ1) is 12.7. The van der Waals surface area contributed by atoms with Gasteiger partial charge in [-0.2, -0.15) is 5.26 Å². The number of hydrogen-bond acceptors (Lipinski definition) is 4. The van der Waals surface area contributed by atoms with Gasteiger partial charge in [0.15, 0.2) is 0 Å². The van der Waals surface area contributed by atoms with E-state index in [1.165, 1.54) is 6.33 Å². The molecule has 0 radical (unpaired) electrons. The van der Waals surface area contributed by atoms with Crippen LogP contribution in [0.25, 0.3) is 0 Å². The van der Waals surface area contributed by atoms with Crippen LogP contribution in [0.5, 0.6) is 0 Å². The molecule has 1 heterocycles. The Morgan fingerprint density at radius 2 is 1.95 bits per heavy atom. The quantitative estimate of drug-likeness (QED) is 0.888. The maximum absolute atomic E-state index is 12.2. The van der Waals surface area contributed by atoms with Crippen molar-refractivity contribution in [1.29, 1.82) is 5.26 Å². The molecule has 1 aromatic heterocycles. The lowest BCUT2D eigenvalue weighted by atomic mass is 10.1. The van der Waals surface area contributed by atoms with Gasteiger partial charge in [0.2, 0.25) is 0 Å². The zero-order valence-corrected chi connectivity index (χ0v) is 10.6. The Bertz CT molecular complexity index is 653. The number of hydrogen-bond donors (Lipinski definition) is 1. The van der Waals surface area contributed by atoms with Crippen LogP contribution in [-0.4, -0.2) is 15.9 Å². The molecule has 1 aromatic carbocycles. The smallest absolute Gasteiger partial charge is 0.259 e. The number of nitriles is 1. The molecule has 0 saturated carbocycles. The predicted molar refractivity (Wildman–Crippen MR) is 70.6 cm³/mol. The summed E-state index contributed by atoms with van der Waals surface area (Å²) in [4.78, 5) is 20.2.